The molecule has 0 fully saturated rings. The van der Waals surface area contributed by atoms with Gasteiger partial charge in [-0.15, -0.1) is 11.3 Å². The molecular formula is C17H20BrFN2OS. The van der Waals surface area contributed by atoms with E-state index >= 15 is 0 Å². The molecule has 0 unspecified atom stereocenters. The molecule has 6 heteroatoms. The van der Waals surface area contributed by atoms with E-state index in [0.717, 1.165) is 40.3 Å². The molecule has 0 bridgehead atoms. The van der Waals surface area contributed by atoms with Crippen molar-refractivity contribution in [2.24, 2.45) is 0 Å². The number of nitrogens with zero attached hydrogens (tertiary/aromatic N) is 1. The average molecular weight is 399 g/mol. The van der Waals surface area contributed by atoms with Crippen molar-refractivity contribution in [2.45, 2.75) is 19.9 Å². The third-order valence-electron chi connectivity index (χ3n) is 3.50. The van der Waals surface area contributed by atoms with Gasteiger partial charge < -0.3 is 5.32 Å². The van der Waals surface area contributed by atoms with Gasteiger partial charge in [0.05, 0.1) is 8.66 Å². The molecule has 2 aromatic rings. The van der Waals surface area contributed by atoms with E-state index in [1.165, 1.54) is 23.5 Å². The van der Waals surface area contributed by atoms with Crippen LogP contribution < -0.4 is 5.32 Å². The molecule has 2 rings (SSSR count). The highest BCUT2D eigenvalue weighted by molar-refractivity contribution is 9.11. The van der Waals surface area contributed by atoms with Crippen LogP contribution in [0.2, 0.25) is 0 Å². The molecule has 1 amide bonds. The van der Waals surface area contributed by atoms with E-state index in [1.807, 2.05) is 24.3 Å². The Labute approximate surface area is 148 Å². The SMILES string of the molecule is CCN(CCCNC(=O)c1ccc(Br)s1)Cc1ccc(F)cc1. The summed E-state index contributed by atoms with van der Waals surface area (Å²) >= 11 is 4.79. The summed E-state index contributed by atoms with van der Waals surface area (Å²) < 4.78 is 13.9. The highest BCUT2D eigenvalue weighted by atomic mass is 79.9. The van der Waals surface area contributed by atoms with Crippen molar-refractivity contribution in [1.29, 1.82) is 0 Å². The number of rotatable bonds is 8. The standard InChI is InChI=1S/C17H20BrFN2OS/c1-2-21(12-13-4-6-14(19)7-5-13)11-3-10-20-17(22)15-8-9-16(18)23-15/h4-9H,2-3,10-12H2,1H3,(H,20,22). The fraction of sp³-hybridized carbons (Fsp3) is 0.353. The summed E-state index contributed by atoms with van der Waals surface area (Å²) in [6.45, 7) is 5.35. The smallest absolute Gasteiger partial charge is 0.261 e. The van der Waals surface area contributed by atoms with Crippen LogP contribution in [0.15, 0.2) is 40.2 Å². The molecule has 1 aromatic heterocycles. The molecule has 3 nitrogen and oxygen atoms in total. The van der Waals surface area contributed by atoms with Gasteiger partial charge in [0, 0.05) is 19.6 Å². The van der Waals surface area contributed by atoms with Crippen LogP contribution in [0.4, 0.5) is 4.39 Å². The van der Waals surface area contributed by atoms with Gasteiger partial charge in [0.2, 0.25) is 0 Å². The van der Waals surface area contributed by atoms with E-state index in [-0.39, 0.29) is 11.7 Å². The number of hydrogen-bond acceptors (Lipinski definition) is 3. The number of hydrogen-bond donors (Lipinski definition) is 1. The molecule has 1 heterocycles. The number of benzene rings is 1. The maximum atomic E-state index is 12.9. The summed E-state index contributed by atoms with van der Waals surface area (Å²) in [6.07, 6.45) is 0.882. The Bertz CT molecular complexity index is 630. The van der Waals surface area contributed by atoms with E-state index in [2.05, 4.69) is 33.1 Å². The Morgan fingerprint density at radius 3 is 2.61 bits per heavy atom. The summed E-state index contributed by atoms with van der Waals surface area (Å²) in [4.78, 5) is 14.9. The third-order valence-corrected chi connectivity index (χ3v) is 5.12. The predicted molar refractivity (Wildman–Crippen MR) is 96.3 cm³/mol. The minimum Gasteiger partial charge on any atom is -0.351 e. The number of nitrogens with one attached hydrogen (secondary N) is 1. The van der Waals surface area contributed by atoms with Crippen LogP contribution in [0, 0.1) is 5.82 Å². The minimum absolute atomic E-state index is 0.0257. The number of amides is 1. The zero-order valence-corrected chi connectivity index (χ0v) is 15.4. The highest BCUT2D eigenvalue weighted by Gasteiger charge is 2.08. The van der Waals surface area contributed by atoms with Crippen LogP contribution in [-0.4, -0.2) is 30.4 Å². The Balaban J connectivity index is 1.71. The second-order valence-electron chi connectivity index (χ2n) is 5.21. The van der Waals surface area contributed by atoms with Gasteiger partial charge in [0.15, 0.2) is 0 Å². The lowest BCUT2D eigenvalue weighted by atomic mass is 10.2. The number of carbonyl (C=O) groups excluding carboxylic acids is 1. The quantitative estimate of drug-likeness (QED) is 0.672. The maximum absolute atomic E-state index is 12.9. The van der Waals surface area contributed by atoms with Crippen molar-refractivity contribution >= 4 is 33.2 Å². The molecule has 0 aliphatic rings. The topological polar surface area (TPSA) is 32.3 Å². The number of halogens is 2. The monoisotopic (exact) mass is 398 g/mol. The van der Waals surface area contributed by atoms with Gasteiger partial charge in [-0.1, -0.05) is 19.1 Å². The molecular weight excluding hydrogens is 379 g/mol. The predicted octanol–water partition coefficient (Wildman–Crippen LogP) is 4.29. The van der Waals surface area contributed by atoms with Gasteiger partial charge in [-0.05, 0) is 58.7 Å². The second kappa shape index (κ2) is 9.15. The third kappa shape index (κ3) is 6.05. The molecule has 0 aliphatic heterocycles. The Morgan fingerprint density at radius 2 is 2.00 bits per heavy atom. The lowest BCUT2D eigenvalue weighted by Crippen LogP contribution is -2.29. The molecule has 1 aromatic carbocycles. The van der Waals surface area contributed by atoms with Gasteiger partial charge in [-0.2, -0.15) is 0 Å². The number of carbonyl (C=O) groups is 1. The molecule has 124 valence electrons. The highest BCUT2D eigenvalue weighted by Crippen LogP contribution is 2.21. The van der Waals surface area contributed by atoms with Crippen LogP contribution >= 0.6 is 27.3 Å². The first-order chi connectivity index (χ1) is 11.1. The Hall–Kier alpha value is -1.24. The van der Waals surface area contributed by atoms with Crippen LogP contribution in [-0.2, 0) is 6.54 Å². The molecule has 0 aliphatic carbocycles. The van der Waals surface area contributed by atoms with Crippen molar-refractivity contribution in [3.05, 3.63) is 56.4 Å². The molecule has 0 saturated heterocycles. The first-order valence-electron chi connectivity index (χ1n) is 7.59. The normalized spacial score (nSPS) is 11.0. The first-order valence-corrected chi connectivity index (χ1v) is 9.19. The van der Waals surface area contributed by atoms with Crippen LogP contribution in [0.1, 0.15) is 28.6 Å². The summed E-state index contributed by atoms with van der Waals surface area (Å²) in [5.41, 5.74) is 1.10. The fourth-order valence-electron chi connectivity index (χ4n) is 2.23. The first kappa shape index (κ1) is 18.1. The van der Waals surface area contributed by atoms with Gasteiger partial charge in [0.25, 0.3) is 5.91 Å². The van der Waals surface area contributed by atoms with E-state index in [0.29, 0.717) is 6.54 Å². The van der Waals surface area contributed by atoms with Gasteiger partial charge in [0.1, 0.15) is 5.82 Å². The molecule has 0 spiro atoms. The molecule has 1 N–H and O–H groups in total. The fourth-order valence-corrected chi connectivity index (χ4v) is 3.53. The van der Waals surface area contributed by atoms with E-state index in [4.69, 9.17) is 0 Å². The van der Waals surface area contributed by atoms with Gasteiger partial charge >= 0.3 is 0 Å². The lowest BCUT2D eigenvalue weighted by Gasteiger charge is -2.20. The van der Waals surface area contributed by atoms with E-state index in [1.54, 1.807) is 0 Å². The summed E-state index contributed by atoms with van der Waals surface area (Å²) in [6, 6.07) is 10.3. The molecule has 0 saturated carbocycles. The Kier molecular flexibility index (Phi) is 7.20. The van der Waals surface area contributed by atoms with Crippen LogP contribution in [0.25, 0.3) is 0 Å². The maximum Gasteiger partial charge on any atom is 0.261 e. The van der Waals surface area contributed by atoms with Crippen molar-refractivity contribution < 1.29 is 9.18 Å². The Morgan fingerprint density at radius 1 is 1.26 bits per heavy atom. The molecule has 0 radical (unpaired) electrons. The minimum atomic E-state index is -0.209. The van der Waals surface area contributed by atoms with Gasteiger partial charge in [-0.25, -0.2) is 4.39 Å². The molecule has 0 atom stereocenters. The average Bonchev–Trinajstić information content (AvgIpc) is 2.98. The number of thiophene rings is 1. The van der Waals surface area contributed by atoms with Crippen LogP contribution in [0.3, 0.4) is 0 Å². The van der Waals surface area contributed by atoms with E-state index in [9.17, 15) is 9.18 Å². The summed E-state index contributed by atoms with van der Waals surface area (Å²) in [7, 11) is 0. The van der Waals surface area contributed by atoms with Crippen molar-refractivity contribution in [3.8, 4) is 0 Å². The largest absolute Gasteiger partial charge is 0.351 e. The zero-order valence-electron chi connectivity index (χ0n) is 13.0. The molecule has 23 heavy (non-hydrogen) atoms. The van der Waals surface area contributed by atoms with Gasteiger partial charge in [-0.3, -0.25) is 9.69 Å². The van der Waals surface area contributed by atoms with E-state index < -0.39 is 0 Å². The second-order valence-corrected chi connectivity index (χ2v) is 7.67. The van der Waals surface area contributed by atoms with Crippen molar-refractivity contribution in [1.82, 2.24) is 10.2 Å². The summed E-state index contributed by atoms with van der Waals surface area (Å²) in [5, 5.41) is 2.94. The zero-order chi connectivity index (χ0) is 16.7. The lowest BCUT2D eigenvalue weighted by molar-refractivity contribution is 0.0955. The van der Waals surface area contributed by atoms with Crippen molar-refractivity contribution in [2.75, 3.05) is 19.6 Å². The van der Waals surface area contributed by atoms with Crippen LogP contribution in [0.5, 0.6) is 0 Å². The summed E-state index contributed by atoms with van der Waals surface area (Å²) in [5.74, 6) is -0.234. The van der Waals surface area contributed by atoms with Crippen molar-refractivity contribution in [3.63, 3.8) is 0 Å².